The monoisotopic (exact) mass is 195 g/mol. The summed E-state index contributed by atoms with van der Waals surface area (Å²) >= 11 is 0.856. The normalized spacial score (nSPS) is 11.8. The Hall–Kier alpha value is -0.460. The van der Waals surface area contributed by atoms with E-state index in [0.29, 0.717) is 0 Å². The molecule has 1 heterocycles. The number of sulfonamides is 1. The number of nitrogens with one attached hydrogen (secondary N) is 1. The van der Waals surface area contributed by atoms with E-state index in [9.17, 15) is 12.8 Å². The van der Waals surface area contributed by atoms with Gasteiger partial charge < -0.3 is 0 Å². The zero-order valence-corrected chi connectivity index (χ0v) is 7.30. The Morgan fingerprint density at radius 3 is 2.64 bits per heavy atom. The lowest BCUT2D eigenvalue weighted by atomic mass is 10.6. The first-order valence-corrected chi connectivity index (χ1v) is 5.11. The molecular weight excluding hydrogens is 189 g/mol. The van der Waals surface area contributed by atoms with Gasteiger partial charge in [-0.25, -0.2) is 17.5 Å². The third-order valence-electron chi connectivity index (χ3n) is 1.10. The standard InChI is InChI=1S/C5H6FNO2S2/c1-7-11(8,9)5-4(6)2-3-10-5/h2-3,7H,1H3. The van der Waals surface area contributed by atoms with Crippen LogP contribution < -0.4 is 4.72 Å². The van der Waals surface area contributed by atoms with Crippen molar-refractivity contribution < 1.29 is 12.8 Å². The highest BCUT2D eigenvalue weighted by molar-refractivity contribution is 7.91. The molecule has 0 aliphatic rings. The van der Waals surface area contributed by atoms with Crippen molar-refractivity contribution in [2.75, 3.05) is 7.05 Å². The quantitative estimate of drug-likeness (QED) is 0.758. The second-order valence-corrected chi connectivity index (χ2v) is 4.76. The summed E-state index contributed by atoms with van der Waals surface area (Å²) in [5.74, 6) is -0.704. The van der Waals surface area contributed by atoms with Crippen LogP contribution >= 0.6 is 11.3 Å². The molecule has 0 saturated heterocycles. The Labute approximate surface area is 67.9 Å². The van der Waals surface area contributed by atoms with E-state index in [1.807, 2.05) is 4.72 Å². The average Bonchev–Trinajstić information content (AvgIpc) is 2.36. The summed E-state index contributed by atoms with van der Waals surface area (Å²) in [5.41, 5.74) is 0. The van der Waals surface area contributed by atoms with Crippen molar-refractivity contribution in [3.05, 3.63) is 17.3 Å². The second-order valence-electron chi connectivity index (χ2n) is 1.76. The molecule has 0 amide bonds. The van der Waals surface area contributed by atoms with E-state index in [-0.39, 0.29) is 4.21 Å². The third-order valence-corrected chi connectivity index (χ3v) is 3.95. The summed E-state index contributed by atoms with van der Waals surface area (Å²) in [6.45, 7) is 0. The van der Waals surface area contributed by atoms with Crippen LogP contribution in [0, 0.1) is 5.82 Å². The summed E-state index contributed by atoms with van der Waals surface area (Å²) in [6.07, 6.45) is 0. The van der Waals surface area contributed by atoms with Crippen LogP contribution in [0.5, 0.6) is 0 Å². The summed E-state index contributed by atoms with van der Waals surface area (Å²) < 4.78 is 36.3. The van der Waals surface area contributed by atoms with Gasteiger partial charge in [0.25, 0.3) is 10.0 Å². The summed E-state index contributed by atoms with van der Waals surface area (Å²) in [4.78, 5) is 0. The lowest BCUT2D eigenvalue weighted by molar-refractivity contribution is 0.570. The maximum Gasteiger partial charge on any atom is 0.252 e. The molecule has 0 radical (unpaired) electrons. The fourth-order valence-corrected chi connectivity index (χ4v) is 2.49. The van der Waals surface area contributed by atoms with Crippen LogP contribution in [0.15, 0.2) is 15.7 Å². The molecule has 1 rings (SSSR count). The first-order chi connectivity index (χ1) is 5.08. The van der Waals surface area contributed by atoms with Crippen molar-refractivity contribution in [2.24, 2.45) is 0 Å². The number of hydrogen-bond acceptors (Lipinski definition) is 3. The van der Waals surface area contributed by atoms with E-state index in [2.05, 4.69) is 0 Å². The molecule has 0 unspecified atom stereocenters. The second kappa shape index (κ2) is 2.88. The van der Waals surface area contributed by atoms with Crippen LogP contribution in [-0.4, -0.2) is 15.5 Å². The van der Waals surface area contributed by atoms with Gasteiger partial charge in [-0.05, 0) is 18.5 Å². The lowest BCUT2D eigenvalue weighted by Gasteiger charge is -1.96. The number of halogens is 1. The van der Waals surface area contributed by atoms with E-state index >= 15 is 0 Å². The van der Waals surface area contributed by atoms with E-state index in [1.165, 1.54) is 12.4 Å². The van der Waals surface area contributed by atoms with Gasteiger partial charge in [0.2, 0.25) is 0 Å². The first-order valence-electron chi connectivity index (χ1n) is 2.74. The summed E-state index contributed by atoms with van der Waals surface area (Å²) in [6, 6.07) is 1.12. The van der Waals surface area contributed by atoms with Gasteiger partial charge in [0.1, 0.15) is 0 Å². The fourth-order valence-electron chi connectivity index (χ4n) is 0.564. The number of rotatable bonds is 2. The molecule has 11 heavy (non-hydrogen) atoms. The van der Waals surface area contributed by atoms with Gasteiger partial charge in [-0.3, -0.25) is 0 Å². The molecule has 0 aromatic carbocycles. The Bertz CT molecular complexity index is 343. The van der Waals surface area contributed by atoms with Crippen LogP contribution in [0.1, 0.15) is 0 Å². The molecule has 1 N–H and O–H groups in total. The smallest absolute Gasteiger partial charge is 0.213 e. The maximum absolute atomic E-state index is 12.6. The molecule has 0 atom stereocenters. The molecule has 0 saturated carbocycles. The molecule has 0 aliphatic heterocycles. The Balaban J connectivity index is 3.22. The van der Waals surface area contributed by atoms with Crippen LogP contribution in [0.4, 0.5) is 4.39 Å². The SMILES string of the molecule is CNS(=O)(=O)c1sccc1F. The molecule has 62 valence electrons. The topological polar surface area (TPSA) is 46.2 Å². The zero-order chi connectivity index (χ0) is 8.48. The van der Waals surface area contributed by atoms with Crippen LogP contribution in [0.3, 0.4) is 0 Å². The summed E-state index contributed by atoms with van der Waals surface area (Å²) in [7, 11) is -2.35. The Morgan fingerprint density at radius 2 is 2.27 bits per heavy atom. The maximum atomic E-state index is 12.6. The van der Waals surface area contributed by atoms with Crippen LogP contribution in [0.25, 0.3) is 0 Å². The minimum atomic E-state index is -3.59. The first kappa shape index (κ1) is 8.63. The van der Waals surface area contributed by atoms with Crippen molar-refractivity contribution >= 4 is 21.4 Å². The lowest BCUT2D eigenvalue weighted by Crippen LogP contribution is -2.18. The molecule has 1 aromatic rings. The van der Waals surface area contributed by atoms with E-state index < -0.39 is 15.8 Å². The molecule has 1 aromatic heterocycles. The van der Waals surface area contributed by atoms with Crippen molar-refractivity contribution in [1.82, 2.24) is 4.72 Å². The molecule has 0 fully saturated rings. The van der Waals surface area contributed by atoms with E-state index in [4.69, 9.17) is 0 Å². The highest BCUT2D eigenvalue weighted by Crippen LogP contribution is 2.19. The van der Waals surface area contributed by atoms with Crippen molar-refractivity contribution in [3.8, 4) is 0 Å². The van der Waals surface area contributed by atoms with Crippen molar-refractivity contribution in [2.45, 2.75) is 4.21 Å². The predicted octanol–water partition coefficient (Wildman–Crippen LogP) is 0.795. The average molecular weight is 195 g/mol. The minimum absolute atomic E-state index is 0.264. The molecule has 0 bridgehead atoms. The molecule has 0 spiro atoms. The van der Waals surface area contributed by atoms with E-state index in [0.717, 1.165) is 17.4 Å². The highest BCUT2D eigenvalue weighted by atomic mass is 32.2. The molecule has 3 nitrogen and oxygen atoms in total. The highest BCUT2D eigenvalue weighted by Gasteiger charge is 2.17. The number of thiophene rings is 1. The largest absolute Gasteiger partial charge is 0.252 e. The van der Waals surface area contributed by atoms with Gasteiger partial charge in [-0.2, -0.15) is 0 Å². The van der Waals surface area contributed by atoms with Gasteiger partial charge >= 0.3 is 0 Å². The van der Waals surface area contributed by atoms with Crippen LogP contribution in [-0.2, 0) is 10.0 Å². The molecule has 0 aliphatic carbocycles. The van der Waals surface area contributed by atoms with Crippen molar-refractivity contribution in [3.63, 3.8) is 0 Å². The molecular formula is C5H6FNO2S2. The van der Waals surface area contributed by atoms with Gasteiger partial charge in [-0.1, -0.05) is 0 Å². The van der Waals surface area contributed by atoms with Crippen molar-refractivity contribution in [1.29, 1.82) is 0 Å². The zero-order valence-electron chi connectivity index (χ0n) is 5.67. The van der Waals surface area contributed by atoms with E-state index in [1.54, 1.807) is 0 Å². The van der Waals surface area contributed by atoms with Gasteiger partial charge in [-0.15, -0.1) is 11.3 Å². The predicted molar refractivity (Wildman–Crippen MR) is 40.5 cm³/mol. The van der Waals surface area contributed by atoms with Gasteiger partial charge in [0, 0.05) is 0 Å². The Kier molecular flexibility index (Phi) is 2.26. The number of hydrogen-bond donors (Lipinski definition) is 1. The van der Waals surface area contributed by atoms with Crippen LogP contribution in [0.2, 0.25) is 0 Å². The summed E-state index contributed by atoms with van der Waals surface area (Å²) in [5, 5.41) is 1.39. The fraction of sp³-hybridized carbons (Fsp3) is 0.200. The third kappa shape index (κ3) is 1.58. The van der Waals surface area contributed by atoms with Gasteiger partial charge in [0.05, 0.1) is 0 Å². The Morgan fingerprint density at radius 1 is 1.64 bits per heavy atom. The minimum Gasteiger partial charge on any atom is -0.213 e. The molecule has 6 heteroatoms. The van der Waals surface area contributed by atoms with Gasteiger partial charge in [0.15, 0.2) is 10.0 Å².